The van der Waals surface area contributed by atoms with Gasteiger partial charge in [-0.2, -0.15) is 0 Å². The number of carbonyl (C=O) groups excluding carboxylic acids is 1. The highest BCUT2D eigenvalue weighted by Gasteiger charge is 2.27. The van der Waals surface area contributed by atoms with Gasteiger partial charge in [-0.3, -0.25) is 4.79 Å². The average Bonchev–Trinajstić information content (AvgIpc) is 2.41. The molecule has 0 atom stereocenters. The summed E-state index contributed by atoms with van der Waals surface area (Å²) in [6.45, 7) is 0. The van der Waals surface area contributed by atoms with Crippen molar-refractivity contribution in [2.45, 2.75) is 31.7 Å². The molecule has 0 amide bonds. The zero-order chi connectivity index (χ0) is 13.1. The molecule has 0 aromatic heterocycles. The van der Waals surface area contributed by atoms with E-state index in [-0.39, 0.29) is 17.3 Å². The fourth-order valence-corrected chi connectivity index (χ4v) is 2.72. The van der Waals surface area contributed by atoms with Gasteiger partial charge in [-0.05, 0) is 50.9 Å². The van der Waals surface area contributed by atoms with Crippen molar-refractivity contribution in [3.8, 4) is 0 Å². The highest BCUT2D eigenvalue weighted by molar-refractivity contribution is 6.31. The highest BCUT2D eigenvalue weighted by atomic mass is 35.5. The van der Waals surface area contributed by atoms with Crippen molar-refractivity contribution in [2.24, 2.45) is 5.92 Å². The Morgan fingerprint density at radius 1 is 1.33 bits per heavy atom. The van der Waals surface area contributed by atoms with Gasteiger partial charge in [0.05, 0.1) is 5.56 Å². The van der Waals surface area contributed by atoms with Crippen LogP contribution in [0.25, 0.3) is 0 Å². The third-order valence-electron chi connectivity index (χ3n) is 3.70. The number of benzene rings is 1. The van der Waals surface area contributed by atoms with E-state index in [1.54, 1.807) is 0 Å². The van der Waals surface area contributed by atoms with Crippen molar-refractivity contribution in [2.75, 3.05) is 7.05 Å². The van der Waals surface area contributed by atoms with Crippen LogP contribution in [0.5, 0.6) is 0 Å². The van der Waals surface area contributed by atoms with Gasteiger partial charge in [0.15, 0.2) is 5.78 Å². The summed E-state index contributed by atoms with van der Waals surface area (Å²) in [7, 11) is 1.93. The molecule has 1 aromatic carbocycles. The predicted molar refractivity (Wildman–Crippen MR) is 70.5 cm³/mol. The first kappa shape index (κ1) is 13.5. The van der Waals surface area contributed by atoms with Gasteiger partial charge in [0.2, 0.25) is 0 Å². The van der Waals surface area contributed by atoms with Gasteiger partial charge in [0.25, 0.3) is 0 Å². The van der Waals surface area contributed by atoms with Gasteiger partial charge in [-0.1, -0.05) is 11.6 Å². The summed E-state index contributed by atoms with van der Waals surface area (Å²) in [6, 6.07) is 4.64. The van der Waals surface area contributed by atoms with E-state index in [9.17, 15) is 9.18 Å². The van der Waals surface area contributed by atoms with E-state index in [2.05, 4.69) is 5.32 Å². The van der Waals surface area contributed by atoms with Crippen LogP contribution >= 0.6 is 11.6 Å². The average molecular weight is 270 g/mol. The molecule has 1 aromatic rings. The highest BCUT2D eigenvalue weighted by Crippen LogP contribution is 2.28. The fourth-order valence-electron chi connectivity index (χ4n) is 2.55. The predicted octanol–water partition coefficient (Wildman–Crippen LogP) is 3.44. The van der Waals surface area contributed by atoms with Crippen LogP contribution in [0.2, 0.25) is 5.02 Å². The van der Waals surface area contributed by atoms with Crippen LogP contribution in [-0.4, -0.2) is 18.9 Å². The summed E-state index contributed by atoms with van der Waals surface area (Å²) in [6.07, 6.45) is 3.57. The Kier molecular flexibility index (Phi) is 4.36. The lowest BCUT2D eigenvalue weighted by atomic mass is 9.81. The molecule has 1 saturated carbocycles. The lowest BCUT2D eigenvalue weighted by molar-refractivity contribution is 0.0876. The Labute approximate surface area is 112 Å². The van der Waals surface area contributed by atoms with Gasteiger partial charge in [0, 0.05) is 17.0 Å². The van der Waals surface area contributed by atoms with Gasteiger partial charge in [0.1, 0.15) is 5.82 Å². The number of hydrogen-bond acceptors (Lipinski definition) is 2. The van der Waals surface area contributed by atoms with Gasteiger partial charge in [-0.25, -0.2) is 4.39 Å². The summed E-state index contributed by atoms with van der Waals surface area (Å²) < 4.78 is 13.6. The largest absolute Gasteiger partial charge is 0.317 e. The van der Waals surface area contributed by atoms with Crippen LogP contribution in [0.1, 0.15) is 36.0 Å². The molecule has 0 spiro atoms. The zero-order valence-electron chi connectivity index (χ0n) is 10.4. The smallest absolute Gasteiger partial charge is 0.168 e. The molecule has 0 aliphatic heterocycles. The van der Waals surface area contributed by atoms with Crippen molar-refractivity contribution < 1.29 is 9.18 Å². The first-order chi connectivity index (χ1) is 8.61. The third kappa shape index (κ3) is 2.90. The van der Waals surface area contributed by atoms with Crippen molar-refractivity contribution in [1.29, 1.82) is 0 Å². The van der Waals surface area contributed by atoms with Gasteiger partial charge in [-0.15, -0.1) is 0 Å². The minimum absolute atomic E-state index is 0.0671. The summed E-state index contributed by atoms with van der Waals surface area (Å²) in [5.74, 6) is -0.646. The number of rotatable bonds is 3. The minimum Gasteiger partial charge on any atom is -0.317 e. The molecule has 1 aliphatic carbocycles. The van der Waals surface area contributed by atoms with Crippen LogP contribution in [0.15, 0.2) is 18.2 Å². The lowest BCUT2D eigenvalue weighted by Gasteiger charge is -2.27. The molecule has 1 aliphatic rings. The van der Waals surface area contributed by atoms with E-state index in [1.165, 1.54) is 18.2 Å². The van der Waals surface area contributed by atoms with E-state index < -0.39 is 5.82 Å². The normalized spacial score (nSPS) is 23.9. The number of hydrogen-bond donors (Lipinski definition) is 1. The van der Waals surface area contributed by atoms with E-state index >= 15 is 0 Å². The second-order valence-electron chi connectivity index (χ2n) is 4.83. The Hall–Kier alpha value is -0.930. The summed E-state index contributed by atoms with van der Waals surface area (Å²) in [5.41, 5.74) is 0.135. The van der Waals surface area contributed by atoms with E-state index in [0.29, 0.717) is 11.1 Å². The number of ketones is 1. The maximum Gasteiger partial charge on any atom is 0.168 e. The molecule has 2 rings (SSSR count). The summed E-state index contributed by atoms with van der Waals surface area (Å²) in [4.78, 5) is 12.2. The van der Waals surface area contributed by atoms with E-state index in [1.807, 2.05) is 7.05 Å². The Balaban J connectivity index is 2.10. The molecular formula is C14H17ClFNO. The molecule has 0 heterocycles. The molecule has 0 unspecified atom stereocenters. The lowest BCUT2D eigenvalue weighted by Crippen LogP contribution is -2.32. The van der Waals surface area contributed by atoms with Gasteiger partial charge >= 0.3 is 0 Å². The molecule has 0 radical (unpaired) electrons. The molecule has 1 N–H and O–H groups in total. The van der Waals surface area contributed by atoms with E-state index in [0.717, 1.165) is 25.7 Å². The topological polar surface area (TPSA) is 29.1 Å². The quantitative estimate of drug-likeness (QED) is 0.852. The molecule has 4 heteroatoms. The summed E-state index contributed by atoms with van der Waals surface area (Å²) in [5, 5.41) is 3.62. The Bertz CT molecular complexity index is 441. The fraction of sp³-hybridized carbons (Fsp3) is 0.500. The van der Waals surface area contributed by atoms with Crippen LogP contribution in [0, 0.1) is 11.7 Å². The number of Topliss-reactive ketones (excluding diaryl/α,β-unsaturated/α-hetero) is 1. The number of nitrogens with one attached hydrogen (secondary N) is 1. The van der Waals surface area contributed by atoms with Crippen molar-refractivity contribution in [1.82, 2.24) is 5.32 Å². The Morgan fingerprint density at radius 2 is 2.00 bits per heavy atom. The second kappa shape index (κ2) is 5.81. The van der Waals surface area contributed by atoms with E-state index in [4.69, 9.17) is 11.6 Å². The summed E-state index contributed by atoms with van der Waals surface area (Å²) >= 11 is 5.82. The zero-order valence-corrected chi connectivity index (χ0v) is 11.1. The van der Waals surface area contributed by atoms with Gasteiger partial charge < -0.3 is 5.32 Å². The second-order valence-corrected chi connectivity index (χ2v) is 5.26. The minimum atomic E-state index is -0.472. The van der Waals surface area contributed by atoms with Crippen LogP contribution in [0.4, 0.5) is 4.39 Å². The number of carbonyl (C=O) groups is 1. The SMILES string of the molecule is CNC1CCC(C(=O)c2cc(Cl)ccc2F)CC1. The maximum atomic E-state index is 13.6. The molecule has 0 saturated heterocycles. The standard InChI is InChI=1S/C14H17ClFNO/c1-17-11-5-2-9(3-6-11)14(18)12-8-10(15)4-7-13(12)16/h4,7-9,11,17H,2-3,5-6H2,1H3. The number of halogens is 2. The first-order valence-corrected chi connectivity index (χ1v) is 6.66. The molecule has 1 fully saturated rings. The molecule has 98 valence electrons. The Morgan fingerprint density at radius 3 is 2.61 bits per heavy atom. The monoisotopic (exact) mass is 269 g/mol. The molecule has 0 bridgehead atoms. The van der Waals surface area contributed by atoms with Crippen LogP contribution < -0.4 is 5.32 Å². The first-order valence-electron chi connectivity index (χ1n) is 6.28. The van der Waals surface area contributed by atoms with Crippen LogP contribution in [0.3, 0.4) is 0 Å². The molecule has 2 nitrogen and oxygen atoms in total. The van der Waals surface area contributed by atoms with Crippen molar-refractivity contribution >= 4 is 17.4 Å². The van der Waals surface area contributed by atoms with Crippen LogP contribution in [-0.2, 0) is 0 Å². The van der Waals surface area contributed by atoms with Crippen molar-refractivity contribution in [3.63, 3.8) is 0 Å². The molecule has 18 heavy (non-hydrogen) atoms. The third-order valence-corrected chi connectivity index (χ3v) is 3.94. The van der Waals surface area contributed by atoms with Crippen molar-refractivity contribution in [3.05, 3.63) is 34.6 Å². The molecular weight excluding hydrogens is 253 g/mol. The maximum absolute atomic E-state index is 13.6.